The van der Waals surface area contributed by atoms with E-state index in [-0.39, 0.29) is 0 Å². The maximum atomic E-state index is 14.1. The van der Waals surface area contributed by atoms with Crippen molar-refractivity contribution in [2.24, 2.45) is 0 Å². The summed E-state index contributed by atoms with van der Waals surface area (Å²) in [4.78, 5) is 4.60. The van der Waals surface area contributed by atoms with Gasteiger partial charge in [0.2, 0.25) is 0 Å². The summed E-state index contributed by atoms with van der Waals surface area (Å²) in [6.07, 6.45) is 4.73. The molecule has 3 rings (SSSR count). The quantitative estimate of drug-likeness (QED) is 0.764. The number of piperidine rings is 1. The molecule has 0 spiro atoms. The molecule has 2 aliphatic heterocycles. The minimum Gasteiger partial charge on any atom is -0.367 e. The lowest BCUT2D eigenvalue weighted by Gasteiger charge is -2.36. The molecule has 1 atom stereocenters. The van der Waals surface area contributed by atoms with E-state index in [0.717, 1.165) is 38.7 Å². The van der Waals surface area contributed by atoms with Gasteiger partial charge in [0.1, 0.15) is 5.82 Å². The third-order valence-electron chi connectivity index (χ3n) is 4.35. The number of benzene rings is 1. The molecule has 2 nitrogen and oxygen atoms in total. The van der Waals surface area contributed by atoms with Crippen LogP contribution in [0.25, 0.3) is 0 Å². The Morgan fingerprint density at radius 2 is 1.85 bits per heavy atom. The van der Waals surface area contributed by atoms with Crippen LogP contribution in [0.4, 0.5) is 14.5 Å². The fourth-order valence-electron chi connectivity index (χ4n) is 3.41. The summed E-state index contributed by atoms with van der Waals surface area (Å²) in [6.45, 7) is 3.91. The second-order valence-electron chi connectivity index (χ2n) is 5.70. The Morgan fingerprint density at radius 3 is 2.65 bits per heavy atom. The standard InChI is InChI=1S/C15H19BrF2N2/c16-13-8-11(17)9-14(18)15(13)20-7-3-6-19-5-2-1-4-12(19)10-20/h8-9,12H,1-7,10H2. The summed E-state index contributed by atoms with van der Waals surface area (Å²) in [5.41, 5.74) is 0.513. The first-order chi connectivity index (χ1) is 9.65. The number of rotatable bonds is 1. The lowest BCUT2D eigenvalue weighted by atomic mass is 10.0. The molecule has 0 N–H and O–H groups in total. The van der Waals surface area contributed by atoms with E-state index < -0.39 is 11.6 Å². The summed E-state index contributed by atoms with van der Waals surface area (Å²) in [5.74, 6) is -1.01. The fraction of sp³-hybridized carbons (Fsp3) is 0.600. The van der Waals surface area contributed by atoms with E-state index in [2.05, 4.69) is 25.7 Å². The zero-order valence-electron chi connectivity index (χ0n) is 11.4. The maximum absolute atomic E-state index is 14.1. The number of nitrogens with zero attached hydrogens (tertiary/aromatic N) is 2. The minimum atomic E-state index is -0.535. The Balaban J connectivity index is 1.86. The SMILES string of the molecule is Fc1cc(F)c(N2CCCN3CCCCC3C2)c(Br)c1. The van der Waals surface area contributed by atoms with Crippen molar-refractivity contribution >= 4 is 21.6 Å². The lowest BCUT2D eigenvalue weighted by Crippen LogP contribution is -2.44. The summed E-state index contributed by atoms with van der Waals surface area (Å²) in [6, 6.07) is 2.83. The van der Waals surface area contributed by atoms with Gasteiger partial charge in [-0.3, -0.25) is 4.90 Å². The first kappa shape index (κ1) is 14.3. The van der Waals surface area contributed by atoms with E-state index >= 15 is 0 Å². The van der Waals surface area contributed by atoms with Crippen LogP contribution in [0.5, 0.6) is 0 Å². The van der Waals surface area contributed by atoms with Gasteiger partial charge in [-0.15, -0.1) is 0 Å². The van der Waals surface area contributed by atoms with E-state index in [4.69, 9.17) is 0 Å². The largest absolute Gasteiger partial charge is 0.367 e. The van der Waals surface area contributed by atoms with Crippen LogP contribution in [0.2, 0.25) is 0 Å². The zero-order chi connectivity index (χ0) is 14.1. The van der Waals surface area contributed by atoms with Crippen LogP contribution in [0.15, 0.2) is 16.6 Å². The molecule has 2 fully saturated rings. The van der Waals surface area contributed by atoms with Crippen molar-refractivity contribution in [3.63, 3.8) is 0 Å². The summed E-state index contributed by atoms with van der Waals surface area (Å²) in [7, 11) is 0. The molecule has 1 aromatic rings. The van der Waals surface area contributed by atoms with Crippen molar-refractivity contribution in [2.45, 2.75) is 31.7 Å². The highest BCUT2D eigenvalue weighted by atomic mass is 79.9. The first-order valence-electron chi connectivity index (χ1n) is 7.28. The Labute approximate surface area is 126 Å². The molecule has 0 radical (unpaired) electrons. The molecular weight excluding hydrogens is 326 g/mol. The van der Waals surface area contributed by atoms with E-state index in [0.29, 0.717) is 16.2 Å². The van der Waals surface area contributed by atoms with Crippen LogP contribution < -0.4 is 4.90 Å². The van der Waals surface area contributed by atoms with Crippen molar-refractivity contribution in [2.75, 3.05) is 31.1 Å². The normalized spacial score (nSPS) is 24.4. The smallest absolute Gasteiger partial charge is 0.150 e. The van der Waals surface area contributed by atoms with Gasteiger partial charge in [0.15, 0.2) is 5.82 Å². The zero-order valence-corrected chi connectivity index (χ0v) is 13.0. The van der Waals surface area contributed by atoms with Gasteiger partial charge in [0.25, 0.3) is 0 Å². The number of anilines is 1. The third kappa shape index (κ3) is 2.84. The third-order valence-corrected chi connectivity index (χ3v) is 4.96. The Kier molecular flexibility index (Phi) is 4.26. The van der Waals surface area contributed by atoms with E-state index in [1.807, 2.05) is 0 Å². The van der Waals surface area contributed by atoms with Crippen molar-refractivity contribution in [1.29, 1.82) is 0 Å². The molecule has 2 heterocycles. The van der Waals surface area contributed by atoms with Gasteiger partial charge in [0, 0.05) is 36.2 Å². The van der Waals surface area contributed by atoms with E-state index in [1.165, 1.54) is 25.3 Å². The molecule has 1 aromatic carbocycles. The molecule has 0 aliphatic carbocycles. The second-order valence-corrected chi connectivity index (χ2v) is 6.56. The van der Waals surface area contributed by atoms with Gasteiger partial charge in [-0.05, 0) is 47.8 Å². The summed E-state index contributed by atoms with van der Waals surface area (Å²) < 4.78 is 27.9. The van der Waals surface area contributed by atoms with Gasteiger partial charge in [-0.1, -0.05) is 6.42 Å². The Bertz CT molecular complexity index is 472. The Morgan fingerprint density at radius 1 is 1.05 bits per heavy atom. The average molecular weight is 345 g/mol. The highest BCUT2D eigenvalue weighted by molar-refractivity contribution is 9.10. The average Bonchev–Trinajstić information content (AvgIpc) is 2.59. The van der Waals surface area contributed by atoms with Gasteiger partial charge in [-0.2, -0.15) is 0 Å². The van der Waals surface area contributed by atoms with Crippen molar-refractivity contribution in [3.05, 3.63) is 28.2 Å². The van der Waals surface area contributed by atoms with Gasteiger partial charge in [-0.25, -0.2) is 8.78 Å². The van der Waals surface area contributed by atoms with Crippen molar-refractivity contribution in [1.82, 2.24) is 4.90 Å². The lowest BCUT2D eigenvalue weighted by molar-refractivity contribution is 0.162. The molecule has 0 amide bonds. The second kappa shape index (κ2) is 5.98. The molecule has 110 valence electrons. The predicted octanol–water partition coefficient (Wildman–Crippen LogP) is 3.79. The van der Waals surface area contributed by atoms with Crippen LogP contribution in [0.1, 0.15) is 25.7 Å². The van der Waals surface area contributed by atoms with E-state index in [9.17, 15) is 8.78 Å². The molecule has 2 aliphatic rings. The molecule has 20 heavy (non-hydrogen) atoms. The molecule has 5 heteroatoms. The van der Waals surface area contributed by atoms with Crippen LogP contribution in [0, 0.1) is 11.6 Å². The van der Waals surface area contributed by atoms with Crippen molar-refractivity contribution in [3.8, 4) is 0 Å². The topological polar surface area (TPSA) is 6.48 Å². The first-order valence-corrected chi connectivity index (χ1v) is 8.08. The number of hydrogen-bond donors (Lipinski definition) is 0. The molecule has 1 unspecified atom stereocenters. The van der Waals surface area contributed by atoms with Crippen LogP contribution >= 0.6 is 15.9 Å². The van der Waals surface area contributed by atoms with Crippen molar-refractivity contribution < 1.29 is 8.78 Å². The minimum absolute atomic E-state index is 0.471. The maximum Gasteiger partial charge on any atom is 0.150 e. The number of halogens is 3. The highest BCUT2D eigenvalue weighted by Crippen LogP contribution is 2.33. The van der Waals surface area contributed by atoms with Crippen LogP contribution in [-0.4, -0.2) is 37.1 Å². The number of hydrogen-bond acceptors (Lipinski definition) is 2. The summed E-state index contributed by atoms with van der Waals surface area (Å²) in [5, 5.41) is 0. The van der Waals surface area contributed by atoms with Gasteiger partial charge < -0.3 is 4.90 Å². The van der Waals surface area contributed by atoms with Gasteiger partial charge >= 0.3 is 0 Å². The summed E-state index contributed by atoms with van der Waals surface area (Å²) >= 11 is 3.31. The fourth-order valence-corrected chi connectivity index (χ4v) is 4.07. The monoisotopic (exact) mass is 344 g/mol. The molecule has 0 saturated carbocycles. The highest BCUT2D eigenvalue weighted by Gasteiger charge is 2.29. The van der Waals surface area contributed by atoms with Crippen LogP contribution in [0.3, 0.4) is 0 Å². The molecular formula is C15H19BrF2N2. The molecule has 2 saturated heterocycles. The van der Waals surface area contributed by atoms with Crippen LogP contribution in [-0.2, 0) is 0 Å². The van der Waals surface area contributed by atoms with E-state index in [1.54, 1.807) is 0 Å². The Hall–Kier alpha value is -0.680. The van der Waals surface area contributed by atoms with Gasteiger partial charge in [0.05, 0.1) is 5.69 Å². The predicted molar refractivity (Wildman–Crippen MR) is 80.1 cm³/mol. The number of fused-ring (bicyclic) bond motifs is 1. The molecule has 0 bridgehead atoms. The molecule has 0 aromatic heterocycles.